The molecule has 1 aromatic heterocycles. The van der Waals surface area contributed by atoms with Gasteiger partial charge in [-0.3, -0.25) is 9.80 Å². The number of halogens is 2. The third-order valence-corrected chi connectivity index (χ3v) is 5.91. The molecule has 178 valence electrons. The minimum absolute atomic E-state index is 0.209. The first-order valence-electron chi connectivity index (χ1n) is 11.1. The summed E-state index contributed by atoms with van der Waals surface area (Å²) in [6, 6.07) is 8.15. The van der Waals surface area contributed by atoms with Gasteiger partial charge in [-0.1, -0.05) is 36.6 Å². The number of amides is 1. The lowest BCUT2D eigenvalue weighted by atomic mass is 9.95. The number of hydrazone groups is 1. The van der Waals surface area contributed by atoms with Crippen LogP contribution in [0, 0.1) is 0 Å². The summed E-state index contributed by atoms with van der Waals surface area (Å²) in [7, 11) is 1.91. The average molecular weight is 493 g/mol. The van der Waals surface area contributed by atoms with Gasteiger partial charge in [0.25, 0.3) is 5.91 Å². The van der Waals surface area contributed by atoms with Gasteiger partial charge in [0, 0.05) is 43.6 Å². The van der Waals surface area contributed by atoms with Crippen molar-refractivity contribution in [3.63, 3.8) is 0 Å². The average Bonchev–Trinajstić information content (AvgIpc) is 3.32. The van der Waals surface area contributed by atoms with E-state index in [2.05, 4.69) is 35.7 Å². The largest absolute Gasteiger partial charge is 0.369 e. The number of imidazole rings is 1. The van der Waals surface area contributed by atoms with Crippen LogP contribution in [0.1, 0.15) is 48.2 Å². The van der Waals surface area contributed by atoms with Crippen molar-refractivity contribution < 1.29 is 4.79 Å². The van der Waals surface area contributed by atoms with Crippen molar-refractivity contribution in [1.82, 2.24) is 20.4 Å². The Labute approximate surface area is 204 Å². The number of H-pyrrole nitrogens is 1. The maximum atomic E-state index is 12.5. The molecule has 1 fully saturated rings. The molecule has 2 N–H and O–H groups in total. The number of carbonyl (C=O) groups excluding carboxylic acids is 1. The predicted molar refractivity (Wildman–Crippen MR) is 133 cm³/mol. The summed E-state index contributed by atoms with van der Waals surface area (Å²) in [5, 5.41) is 14.3. The smallest absolute Gasteiger partial charge is 0.291 e. The number of anilines is 1. The zero-order valence-electron chi connectivity index (χ0n) is 18.8. The van der Waals surface area contributed by atoms with Crippen molar-refractivity contribution in [1.29, 1.82) is 0 Å². The normalized spacial score (nSPS) is 14.8. The highest BCUT2D eigenvalue weighted by Crippen LogP contribution is 2.23. The fourth-order valence-corrected chi connectivity index (χ4v) is 4.15. The van der Waals surface area contributed by atoms with Gasteiger partial charge >= 0.3 is 0 Å². The van der Waals surface area contributed by atoms with Crippen LogP contribution in [-0.4, -0.2) is 65.0 Å². The van der Waals surface area contributed by atoms with Crippen molar-refractivity contribution >= 4 is 46.8 Å². The topological polar surface area (TPSA) is 101 Å². The maximum absolute atomic E-state index is 12.5. The van der Waals surface area contributed by atoms with Crippen LogP contribution < -0.4 is 10.3 Å². The second-order valence-electron chi connectivity index (χ2n) is 7.81. The molecule has 0 unspecified atom stereocenters. The first-order chi connectivity index (χ1) is 16.1. The molecule has 0 bridgehead atoms. The van der Waals surface area contributed by atoms with Crippen LogP contribution in [0.5, 0.6) is 0 Å². The number of nitrogens with zero attached hydrogens (tertiary/aromatic N) is 6. The molecule has 0 aliphatic heterocycles. The molecule has 33 heavy (non-hydrogen) atoms. The van der Waals surface area contributed by atoms with Crippen LogP contribution in [-0.2, 0) is 0 Å². The molecule has 0 saturated heterocycles. The van der Waals surface area contributed by atoms with E-state index in [4.69, 9.17) is 23.2 Å². The van der Waals surface area contributed by atoms with Crippen molar-refractivity contribution in [2.24, 2.45) is 15.4 Å². The SMILES string of the molecule is CN(N=Nc1nc[nH]c1C(=O)NN=Cc1ccc(N(CCCl)CCCl)cc1)C1CCCCC1. The Kier molecular flexibility index (Phi) is 9.96. The second-order valence-corrected chi connectivity index (χ2v) is 8.57. The number of hydrogen-bond acceptors (Lipinski definition) is 6. The third kappa shape index (κ3) is 7.43. The Balaban J connectivity index is 1.55. The first kappa shape index (κ1) is 25.0. The molecule has 3 rings (SSSR count). The monoisotopic (exact) mass is 492 g/mol. The number of hydrogen-bond donors (Lipinski definition) is 2. The number of rotatable bonds is 11. The lowest BCUT2D eigenvalue weighted by Crippen LogP contribution is -2.28. The standard InChI is InChI=1S/C22H30Cl2N8O/c1-31(18-5-3-2-4-6-18)30-28-21-20(25-16-26-21)22(33)29-27-15-17-7-9-19(10-8-17)32(13-11-23)14-12-24/h7-10,15-16,18H,2-6,11-14H2,1H3,(H,25,26)(H,29,33). The van der Waals surface area contributed by atoms with Gasteiger partial charge in [-0.15, -0.1) is 28.3 Å². The second kappa shape index (κ2) is 13.2. The van der Waals surface area contributed by atoms with E-state index < -0.39 is 5.91 Å². The molecular formula is C22H30Cl2N8O. The molecule has 0 spiro atoms. The van der Waals surface area contributed by atoms with Gasteiger partial charge in [0.05, 0.1) is 12.5 Å². The van der Waals surface area contributed by atoms with Crippen LogP contribution >= 0.6 is 23.2 Å². The van der Waals surface area contributed by atoms with E-state index in [-0.39, 0.29) is 11.5 Å². The van der Waals surface area contributed by atoms with E-state index in [0.29, 0.717) is 17.8 Å². The molecule has 1 saturated carbocycles. The molecule has 1 aliphatic rings. The van der Waals surface area contributed by atoms with Crippen LogP contribution in [0.2, 0.25) is 0 Å². The van der Waals surface area contributed by atoms with Gasteiger partial charge in [-0.05, 0) is 30.5 Å². The molecule has 1 aliphatic carbocycles. The van der Waals surface area contributed by atoms with Crippen LogP contribution in [0.25, 0.3) is 0 Å². The molecule has 1 amide bonds. The summed E-state index contributed by atoms with van der Waals surface area (Å²) in [5.41, 5.74) is 4.58. The summed E-state index contributed by atoms with van der Waals surface area (Å²) in [5.74, 6) is 0.842. The maximum Gasteiger partial charge on any atom is 0.291 e. The molecule has 1 aromatic carbocycles. The molecular weight excluding hydrogens is 463 g/mol. The summed E-state index contributed by atoms with van der Waals surface area (Å²) in [6.45, 7) is 1.44. The number of aromatic amines is 1. The lowest BCUT2D eigenvalue weighted by molar-refractivity contribution is 0.0951. The van der Waals surface area contributed by atoms with E-state index >= 15 is 0 Å². The highest BCUT2D eigenvalue weighted by Gasteiger charge is 2.18. The minimum atomic E-state index is -0.440. The zero-order chi connectivity index (χ0) is 23.5. The van der Waals surface area contributed by atoms with Crippen molar-refractivity contribution in [3.8, 4) is 0 Å². The molecule has 1 heterocycles. The van der Waals surface area contributed by atoms with Gasteiger partial charge in [0.1, 0.15) is 0 Å². The molecule has 0 radical (unpaired) electrons. The molecule has 0 atom stereocenters. The Morgan fingerprint density at radius 2 is 1.88 bits per heavy atom. The van der Waals surface area contributed by atoms with Crippen LogP contribution in [0.3, 0.4) is 0 Å². The quantitative estimate of drug-likeness (QED) is 0.205. The number of aromatic nitrogens is 2. The summed E-state index contributed by atoms with van der Waals surface area (Å²) in [6.07, 6.45) is 8.90. The number of carbonyl (C=O) groups is 1. The van der Waals surface area contributed by atoms with Crippen LogP contribution in [0.4, 0.5) is 11.5 Å². The zero-order valence-corrected chi connectivity index (χ0v) is 20.3. The molecule has 11 heteroatoms. The van der Waals surface area contributed by atoms with E-state index in [9.17, 15) is 4.79 Å². The number of benzene rings is 1. The van der Waals surface area contributed by atoms with Gasteiger partial charge in [0.2, 0.25) is 5.82 Å². The van der Waals surface area contributed by atoms with E-state index in [1.807, 2.05) is 36.3 Å². The fourth-order valence-electron chi connectivity index (χ4n) is 3.74. The summed E-state index contributed by atoms with van der Waals surface area (Å²) >= 11 is 11.7. The highest BCUT2D eigenvalue weighted by molar-refractivity contribution is 6.18. The summed E-state index contributed by atoms with van der Waals surface area (Å²) < 4.78 is 0. The Morgan fingerprint density at radius 3 is 2.55 bits per heavy atom. The third-order valence-electron chi connectivity index (χ3n) is 5.58. The van der Waals surface area contributed by atoms with Crippen molar-refractivity contribution in [2.45, 2.75) is 38.1 Å². The van der Waals surface area contributed by atoms with Crippen molar-refractivity contribution in [2.75, 3.05) is 36.8 Å². The molecule has 2 aromatic rings. The Bertz CT molecular complexity index is 919. The van der Waals surface area contributed by atoms with E-state index in [1.54, 1.807) is 6.21 Å². The first-order valence-corrected chi connectivity index (χ1v) is 12.2. The Morgan fingerprint density at radius 1 is 1.18 bits per heavy atom. The van der Waals surface area contributed by atoms with Gasteiger partial charge in [-0.2, -0.15) is 5.10 Å². The molecule has 9 nitrogen and oxygen atoms in total. The predicted octanol–water partition coefficient (Wildman–Crippen LogP) is 4.72. The van der Waals surface area contributed by atoms with Crippen molar-refractivity contribution in [3.05, 3.63) is 41.9 Å². The number of nitrogens with one attached hydrogen (secondary N) is 2. The van der Waals surface area contributed by atoms with E-state index in [0.717, 1.165) is 37.2 Å². The minimum Gasteiger partial charge on any atom is -0.369 e. The van der Waals surface area contributed by atoms with Gasteiger partial charge in [-0.25, -0.2) is 10.4 Å². The van der Waals surface area contributed by atoms with Crippen LogP contribution in [0.15, 0.2) is 46.0 Å². The van der Waals surface area contributed by atoms with E-state index in [1.165, 1.54) is 25.6 Å². The summed E-state index contributed by atoms with van der Waals surface area (Å²) in [4.78, 5) is 21.5. The fraction of sp³-hybridized carbons (Fsp3) is 0.500. The van der Waals surface area contributed by atoms with Gasteiger partial charge in [0.15, 0.2) is 5.69 Å². The Hall–Kier alpha value is -2.65. The van der Waals surface area contributed by atoms with Gasteiger partial charge < -0.3 is 9.88 Å². The highest BCUT2D eigenvalue weighted by atomic mass is 35.5. The lowest BCUT2D eigenvalue weighted by Gasteiger charge is -2.27. The number of alkyl halides is 2.